The summed E-state index contributed by atoms with van der Waals surface area (Å²) in [4.78, 5) is 34.8. The molecule has 0 aromatic heterocycles. The van der Waals surface area contributed by atoms with Crippen molar-refractivity contribution in [3.8, 4) is 0 Å². The van der Waals surface area contributed by atoms with Crippen molar-refractivity contribution < 1.29 is 24.6 Å². The maximum Gasteiger partial charge on any atom is 0.323 e. The van der Waals surface area contributed by atoms with Crippen LogP contribution in [-0.4, -0.2) is 46.0 Å². The fourth-order valence-corrected chi connectivity index (χ4v) is 2.11. The molecule has 0 heterocycles. The molecule has 0 bridgehead atoms. The van der Waals surface area contributed by atoms with Gasteiger partial charge >= 0.3 is 11.9 Å². The predicted molar refractivity (Wildman–Crippen MR) is 75.1 cm³/mol. The molecule has 0 spiro atoms. The second-order valence-electron chi connectivity index (χ2n) is 4.48. The normalized spacial score (nSPS) is 10.3. The number of amides is 1. The first kappa shape index (κ1) is 14.5. The first-order valence-electron chi connectivity index (χ1n) is 6.19. The van der Waals surface area contributed by atoms with Crippen LogP contribution >= 0.6 is 0 Å². The van der Waals surface area contributed by atoms with Crippen LogP contribution in [0.15, 0.2) is 42.5 Å². The molecule has 21 heavy (non-hydrogen) atoms. The zero-order valence-electron chi connectivity index (χ0n) is 11.0. The van der Waals surface area contributed by atoms with Crippen LogP contribution in [0.4, 0.5) is 0 Å². The number of hydrogen-bond acceptors (Lipinski definition) is 3. The molecule has 1 amide bonds. The molecule has 2 aromatic rings. The van der Waals surface area contributed by atoms with Gasteiger partial charge in [-0.1, -0.05) is 36.4 Å². The molecule has 0 saturated carbocycles. The number of carbonyl (C=O) groups is 3. The number of nitrogens with zero attached hydrogens (tertiary/aromatic N) is 1. The monoisotopic (exact) mass is 287 g/mol. The van der Waals surface area contributed by atoms with E-state index in [2.05, 4.69) is 0 Å². The van der Waals surface area contributed by atoms with Gasteiger partial charge < -0.3 is 15.1 Å². The molecule has 0 fully saturated rings. The third-order valence-corrected chi connectivity index (χ3v) is 2.96. The van der Waals surface area contributed by atoms with Gasteiger partial charge in [0, 0.05) is 5.56 Å². The second kappa shape index (κ2) is 6.04. The summed E-state index contributed by atoms with van der Waals surface area (Å²) < 4.78 is 0. The molecule has 0 aliphatic carbocycles. The highest BCUT2D eigenvalue weighted by Crippen LogP contribution is 2.20. The number of hydrogen-bond donors (Lipinski definition) is 2. The Morgan fingerprint density at radius 1 is 0.857 bits per heavy atom. The van der Waals surface area contributed by atoms with Gasteiger partial charge in [0.25, 0.3) is 5.91 Å². The van der Waals surface area contributed by atoms with Crippen molar-refractivity contribution in [3.05, 3.63) is 48.0 Å². The summed E-state index contributed by atoms with van der Waals surface area (Å²) in [5.74, 6) is -3.13. The topological polar surface area (TPSA) is 94.9 Å². The van der Waals surface area contributed by atoms with Gasteiger partial charge in [-0.2, -0.15) is 0 Å². The largest absolute Gasteiger partial charge is 0.480 e. The molecule has 0 aliphatic heterocycles. The summed E-state index contributed by atoms with van der Waals surface area (Å²) >= 11 is 0. The third-order valence-electron chi connectivity index (χ3n) is 2.96. The number of carbonyl (C=O) groups excluding carboxylic acids is 1. The Balaban J connectivity index is 2.42. The molecule has 2 rings (SSSR count). The van der Waals surface area contributed by atoms with Gasteiger partial charge in [0.05, 0.1) is 0 Å². The van der Waals surface area contributed by atoms with Gasteiger partial charge in [-0.3, -0.25) is 14.4 Å². The predicted octanol–water partition coefficient (Wildman–Crippen LogP) is 1.45. The third kappa shape index (κ3) is 3.36. The van der Waals surface area contributed by atoms with E-state index >= 15 is 0 Å². The lowest BCUT2D eigenvalue weighted by Gasteiger charge is -2.19. The van der Waals surface area contributed by atoms with Crippen LogP contribution in [0.2, 0.25) is 0 Å². The van der Waals surface area contributed by atoms with E-state index in [1.807, 2.05) is 18.2 Å². The van der Waals surface area contributed by atoms with E-state index in [0.717, 1.165) is 10.3 Å². The van der Waals surface area contributed by atoms with Gasteiger partial charge in [-0.25, -0.2) is 0 Å². The Hall–Kier alpha value is -2.89. The number of rotatable bonds is 5. The molecular weight excluding hydrogens is 274 g/mol. The molecule has 0 saturated heterocycles. The number of aliphatic carboxylic acids is 2. The van der Waals surface area contributed by atoms with Crippen molar-refractivity contribution in [1.29, 1.82) is 0 Å². The highest BCUT2D eigenvalue weighted by molar-refractivity contribution is 6.08. The summed E-state index contributed by atoms with van der Waals surface area (Å²) in [5.41, 5.74) is 0.288. The Bertz CT molecular complexity index is 689. The first-order valence-corrected chi connectivity index (χ1v) is 6.19. The van der Waals surface area contributed by atoms with Crippen molar-refractivity contribution in [2.45, 2.75) is 0 Å². The van der Waals surface area contributed by atoms with Gasteiger partial charge in [0.15, 0.2) is 0 Å². The van der Waals surface area contributed by atoms with Crippen molar-refractivity contribution in [3.63, 3.8) is 0 Å². The van der Waals surface area contributed by atoms with Gasteiger partial charge in [0.1, 0.15) is 13.1 Å². The molecule has 0 aliphatic rings. The van der Waals surface area contributed by atoms with Crippen LogP contribution in [0.5, 0.6) is 0 Å². The fraction of sp³-hybridized carbons (Fsp3) is 0.133. The first-order chi connectivity index (χ1) is 9.99. The van der Waals surface area contributed by atoms with E-state index in [9.17, 15) is 14.4 Å². The quantitative estimate of drug-likeness (QED) is 0.868. The van der Waals surface area contributed by atoms with Crippen LogP contribution in [0.25, 0.3) is 10.8 Å². The van der Waals surface area contributed by atoms with Gasteiger partial charge in [0.2, 0.25) is 0 Å². The van der Waals surface area contributed by atoms with Crippen molar-refractivity contribution in [2.75, 3.05) is 13.1 Å². The maximum absolute atomic E-state index is 12.4. The van der Waals surface area contributed by atoms with E-state index in [1.165, 1.54) is 0 Å². The minimum Gasteiger partial charge on any atom is -0.480 e. The molecule has 2 N–H and O–H groups in total. The summed E-state index contributed by atoms with van der Waals surface area (Å²) in [6, 6.07) is 12.2. The van der Waals surface area contributed by atoms with Crippen LogP contribution in [0.1, 0.15) is 10.4 Å². The standard InChI is InChI=1S/C15H13NO5/c17-13(18)8-16(9-14(19)20)15(21)12-7-3-5-10-4-1-2-6-11(10)12/h1-7H,8-9H2,(H,17,18)(H,19,20). The Morgan fingerprint density at radius 2 is 1.43 bits per heavy atom. The molecule has 0 radical (unpaired) electrons. The summed E-state index contributed by atoms with van der Waals surface area (Å²) in [5, 5.41) is 19.1. The molecule has 6 nitrogen and oxygen atoms in total. The van der Waals surface area contributed by atoms with E-state index in [-0.39, 0.29) is 5.56 Å². The van der Waals surface area contributed by atoms with Gasteiger partial charge in [-0.05, 0) is 16.8 Å². The van der Waals surface area contributed by atoms with Crippen LogP contribution in [0.3, 0.4) is 0 Å². The zero-order valence-corrected chi connectivity index (χ0v) is 11.0. The lowest BCUT2D eigenvalue weighted by molar-refractivity contribution is -0.140. The molecule has 0 atom stereocenters. The van der Waals surface area contributed by atoms with E-state index in [4.69, 9.17) is 10.2 Å². The lowest BCUT2D eigenvalue weighted by Crippen LogP contribution is -2.39. The average molecular weight is 287 g/mol. The number of fused-ring (bicyclic) bond motifs is 1. The van der Waals surface area contributed by atoms with Crippen molar-refractivity contribution in [2.24, 2.45) is 0 Å². The van der Waals surface area contributed by atoms with E-state index in [0.29, 0.717) is 5.39 Å². The maximum atomic E-state index is 12.4. The summed E-state index contributed by atoms with van der Waals surface area (Å²) in [6.07, 6.45) is 0. The SMILES string of the molecule is O=C(O)CN(CC(=O)O)C(=O)c1cccc2ccccc12. The van der Waals surface area contributed by atoms with Crippen LogP contribution in [-0.2, 0) is 9.59 Å². The molecule has 6 heteroatoms. The van der Waals surface area contributed by atoms with Gasteiger partial charge in [-0.15, -0.1) is 0 Å². The molecule has 2 aromatic carbocycles. The highest BCUT2D eigenvalue weighted by Gasteiger charge is 2.22. The fourth-order valence-electron chi connectivity index (χ4n) is 2.11. The Morgan fingerprint density at radius 3 is 2.05 bits per heavy atom. The Kier molecular flexibility index (Phi) is 4.18. The lowest BCUT2D eigenvalue weighted by atomic mass is 10.0. The van der Waals surface area contributed by atoms with Crippen molar-refractivity contribution in [1.82, 2.24) is 4.90 Å². The average Bonchev–Trinajstić information content (AvgIpc) is 2.44. The summed E-state index contributed by atoms with van der Waals surface area (Å²) in [6.45, 7) is -1.32. The number of carboxylic acids is 2. The Labute approximate surface area is 120 Å². The number of carboxylic acid groups (broad SMARTS) is 2. The molecule has 0 unspecified atom stereocenters. The molecule has 108 valence electrons. The minimum atomic E-state index is -1.26. The minimum absolute atomic E-state index is 0.288. The van der Waals surface area contributed by atoms with Crippen LogP contribution in [0, 0.1) is 0 Å². The van der Waals surface area contributed by atoms with Crippen LogP contribution < -0.4 is 0 Å². The molecular formula is C15H13NO5. The number of benzene rings is 2. The highest BCUT2D eigenvalue weighted by atomic mass is 16.4. The summed E-state index contributed by atoms with van der Waals surface area (Å²) in [7, 11) is 0. The van der Waals surface area contributed by atoms with E-state index in [1.54, 1.807) is 24.3 Å². The second-order valence-corrected chi connectivity index (χ2v) is 4.48. The van der Waals surface area contributed by atoms with E-state index < -0.39 is 30.9 Å². The zero-order chi connectivity index (χ0) is 15.4. The smallest absolute Gasteiger partial charge is 0.323 e. The van der Waals surface area contributed by atoms with Crippen molar-refractivity contribution >= 4 is 28.6 Å².